The highest BCUT2D eigenvalue weighted by Crippen LogP contribution is 2.36. The second kappa shape index (κ2) is 7.85. The molecule has 6 nitrogen and oxygen atoms in total. The zero-order chi connectivity index (χ0) is 21.6. The summed E-state index contributed by atoms with van der Waals surface area (Å²) >= 11 is 0. The summed E-state index contributed by atoms with van der Waals surface area (Å²) in [6.45, 7) is 6.72. The first-order chi connectivity index (χ1) is 14.2. The van der Waals surface area contributed by atoms with Crippen LogP contribution in [0.1, 0.15) is 59.9 Å². The van der Waals surface area contributed by atoms with Gasteiger partial charge in [-0.25, -0.2) is 8.42 Å². The van der Waals surface area contributed by atoms with Crippen molar-refractivity contribution in [1.82, 2.24) is 8.87 Å². The zero-order valence-corrected chi connectivity index (χ0v) is 19.1. The van der Waals surface area contributed by atoms with Crippen molar-refractivity contribution in [3.63, 3.8) is 0 Å². The number of fused-ring (bicyclic) bond motifs is 1. The van der Waals surface area contributed by atoms with Crippen molar-refractivity contribution < 1.29 is 13.2 Å². The number of benzene rings is 1. The molecule has 1 aromatic carbocycles. The molecule has 1 atom stereocenters. The van der Waals surface area contributed by atoms with E-state index in [4.69, 9.17) is 0 Å². The normalized spacial score (nSPS) is 20.3. The number of hydrogen-bond acceptors (Lipinski definition) is 3. The molecule has 1 amide bonds. The lowest BCUT2D eigenvalue weighted by molar-refractivity contribution is 0.0972. The maximum atomic E-state index is 13.7. The van der Waals surface area contributed by atoms with Crippen molar-refractivity contribution in [2.75, 3.05) is 18.0 Å². The minimum absolute atomic E-state index is 0.0372. The summed E-state index contributed by atoms with van der Waals surface area (Å²) in [6, 6.07) is 7.99. The van der Waals surface area contributed by atoms with Gasteiger partial charge in [-0.15, -0.1) is 0 Å². The zero-order valence-electron chi connectivity index (χ0n) is 18.3. The molecule has 162 valence electrons. The number of para-hydroxylation sites is 1. The predicted octanol–water partition coefficient (Wildman–Crippen LogP) is 3.80. The Hall–Kier alpha value is -2.12. The Bertz CT molecular complexity index is 1080. The monoisotopic (exact) mass is 429 g/mol. The van der Waals surface area contributed by atoms with Crippen molar-refractivity contribution in [3.05, 3.63) is 46.8 Å². The van der Waals surface area contributed by atoms with Gasteiger partial charge in [0.1, 0.15) is 10.6 Å². The second-order valence-electron chi connectivity index (χ2n) is 8.62. The average Bonchev–Trinajstić information content (AvgIpc) is 2.97. The van der Waals surface area contributed by atoms with Gasteiger partial charge < -0.3 is 9.47 Å². The third kappa shape index (κ3) is 3.28. The molecule has 2 aromatic rings. The van der Waals surface area contributed by atoms with E-state index in [1.165, 1.54) is 0 Å². The molecule has 2 aliphatic heterocycles. The smallest absolute Gasteiger partial charge is 0.275 e. The van der Waals surface area contributed by atoms with Crippen molar-refractivity contribution in [1.29, 1.82) is 0 Å². The topological polar surface area (TPSA) is 62.6 Å². The highest BCUT2D eigenvalue weighted by Gasteiger charge is 2.37. The molecule has 0 aliphatic carbocycles. The van der Waals surface area contributed by atoms with Crippen molar-refractivity contribution in [2.24, 2.45) is 7.05 Å². The number of amides is 1. The SMILES string of the molecule is Cc1c(S(=O)(=O)N2CCCCCC2)c(C)n(C)c1C(=O)N1c2ccccc2CC1C. The van der Waals surface area contributed by atoms with Crippen LogP contribution in [0.15, 0.2) is 29.2 Å². The van der Waals surface area contributed by atoms with Crippen LogP contribution in [-0.2, 0) is 23.5 Å². The Balaban J connectivity index is 1.77. The van der Waals surface area contributed by atoms with Crippen molar-refractivity contribution >= 4 is 21.6 Å². The van der Waals surface area contributed by atoms with Crippen LogP contribution in [0.5, 0.6) is 0 Å². The van der Waals surface area contributed by atoms with Crippen LogP contribution in [0, 0.1) is 13.8 Å². The molecule has 3 heterocycles. The van der Waals surface area contributed by atoms with E-state index in [-0.39, 0.29) is 11.9 Å². The average molecular weight is 430 g/mol. The van der Waals surface area contributed by atoms with Crippen LogP contribution in [0.2, 0.25) is 0 Å². The molecule has 0 radical (unpaired) electrons. The van der Waals surface area contributed by atoms with Gasteiger partial charge >= 0.3 is 0 Å². The van der Waals surface area contributed by atoms with E-state index in [1.54, 1.807) is 29.8 Å². The Morgan fingerprint density at radius 3 is 2.33 bits per heavy atom. The van der Waals surface area contributed by atoms with Crippen molar-refractivity contribution in [2.45, 2.75) is 63.8 Å². The fourth-order valence-electron chi connectivity index (χ4n) is 5.03. The molecule has 7 heteroatoms. The lowest BCUT2D eigenvalue weighted by Gasteiger charge is -2.23. The molecule has 4 rings (SSSR count). The van der Waals surface area contributed by atoms with Crippen molar-refractivity contribution in [3.8, 4) is 0 Å². The second-order valence-corrected chi connectivity index (χ2v) is 10.5. The maximum absolute atomic E-state index is 13.7. The Morgan fingerprint density at radius 1 is 1.03 bits per heavy atom. The van der Waals surface area contributed by atoms with E-state index in [9.17, 15) is 13.2 Å². The Labute approximate surface area is 179 Å². The van der Waals surface area contributed by atoms with E-state index in [0.717, 1.165) is 43.4 Å². The highest BCUT2D eigenvalue weighted by molar-refractivity contribution is 7.89. The first kappa shape index (κ1) is 21.1. The molecule has 2 aliphatic rings. The van der Waals surface area contributed by atoms with Gasteiger partial charge in [-0.1, -0.05) is 31.0 Å². The quantitative estimate of drug-likeness (QED) is 0.746. The Kier molecular flexibility index (Phi) is 5.53. The molecular weight excluding hydrogens is 398 g/mol. The third-order valence-corrected chi connectivity index (χ3v) is 8.82. The number of aromatic nitrogens is 1. The molecule has 0 bridgehead atoms. The number of carbonyl (C=O) groups is 1. The van der Waals surface area contributed by atoms with Gasteiger partial charge in [0.25, 0.3) is 5.91 Å². The van der Waals surface area contributed by atoms with Crippen LogP contribution < -0.4 is 4.90 Å². The van der Waals surface area contributed by atoms with Gasteiger partial charge in [-0.3, -0.25) is 4.79 Å². The van der Waals surface area contributed by atoms with Crippen LogP contribution >= 0.6 is 0 Å². The van der Waals surface area contributed by atoms with Crippen LogP contribution in [0.3, 0.4) is 0 Å². The molecule has 1 aromatic heterocycles. The fourth-order valence-corrected chi connectivity index (χ4v) is 7.03. The van der Waals surface area contributed by atoms with Gasteiger partial charge in [0.15, 0.2) is 0 Å². The lowest BCUT2D eigenvalue weighted by Crippen LogP contribution is -2.37. The van der Waals surface area contributed by atoms with Gasteiger partial charge in [0.05, 0.1) is 0 Å². The highest BCUT2D eigenvalue weighted by atomic mass is 32.2. The van der Waals surface area contributed by atoms with E-state index in [1.807, 2.05) is 30.0 Å². The summed E-state index contributed by atoms with van der Waals surface area (Å²) in [6.07, 6.45) is 4.71. The van der Waals surface area contributed by atoms with E-state index >= 15 is 0 Å². The minimum Gasteiger partial charge on any atom is -0.342 e. The van der Waals surface area contributed by atoms with Gasteiger partial charge in [0, 0.05) is 43.1 Å². The number of rotatable bonds is 3. The van der Waals surface area contributed by atoms with Crippen LogP contribution in [0.25, 0.3) is 0 Å². The summed E-state index contributed by atoms with van der Waals surface area (Å²) in [7, 11) is -1.84. The molecule has 0 saturated carbocycles. The van der Waals surface area contributed by atoms with Gasteiger partial charge in [0.2, 0.25) is 10.0 Å². The summed E-state index contributed by atoms with van der Waals surface area (Å²) < 4.78 is 30.5. The van der Waals surface area contributed by atoms with Crippen LogP contribution in [0.4, 0.5) is 5.69 Å². The molecule has 0 spiro atoms. The minimum atomic E-state index is -3.64. The van der Waals surface area contributed by atoms with Gasteiger partial charge in [-0.05, 0) is 51.7 Å². The maximum Gasteiger partial charge on any atom is 0.275 e. The number of sulfonamides is 1. The Morgan fingerprint density at radius 2 is 1.67 bits per heavy atom. The first-order valence-corrected chi connectivity index (χ1v) is 12.3. The van der Waals surface area contributed by atoms with E-state index < -0.39 is 10.0 Å². The molecule has 1 fully saturated rings. The first-order valence-electron chi connectivity index (χ1n) is 10.8. The molecule has 30 heavy (non-hydrogen) atoms. The standard InChI is InChI=1S/C23H31N3O3S/c1-16-15-19-11-7-8-12-20(19)26(16)23(27)21-17(2)22(18(3)24(21)4)30(28,29)25-13-9-5-6-10-14-25/h7-8,11-12,16H,5-6,9-10,13-15H2,1-4H3. The summed E-state index contributed by atoms with van der Waals surface area (Å²) in [4.78, 5) is 15.8. The van der Waals surface area contributed by atoms with Gasteiger partial charge in [-0.2, -0.15) is 4.31 Å². The summed E-state index contributed by atoms with van der Waals surface area (Å²) in [5.74, 6) is -0.132. The number of hydrogen-bond donors (Lipinski definition) is 0. The number of anilines is 1. The molecular formula is C23H31N3O3S. The number of carbonyl (C=O) groups excluding carboxylic acids is 1. The summed E-state index contributed by atoms with van der Waals surface area (Å²) in [5.41, 5.74) is 3.72. The lowest BCUT2D eigenvalue weighted by atomic mass is 10.1. The molecule has 1 saturated heterocycles. The predicted molar refractivity (Wildman–Crippen MR) is 119 cm³/mol. The summed E-state index contributed by atoms with van der Waals surface area (Å²) in [5, 5.41) is 0. The largest absolute Gasteiger partial charge is 0.342 e. The van der Waals surface area contributed by atoms with E-state index in [0.29, 0.717) is 34.9 Å². The molecule has 0 N–H and O–H groups in total. The van der Waals surface area contributed by atoms with E-state index in [2.05, 4.69) is 6.07 Å². The number of nitrogens with zero attached hydrogens (tertiary/aromatic N) is 3. The fraction of sp³-hybridized carbons (Fsp3) is 0.522. The van der Waals surface area contributed by atoms with Crippen LogP contribution in [-0.4, -0.2) is 42.3 Å². The molecule has 1 unspecified atom stereocenters. The third-order valence-electron chi connectivity index (χ3n) is 6.65.